The van der Waals surface area contributed by atoms with Gasteiger partial charge in [-0.2, -0.15) is 5.10 Å². The molecule has 2 aromatic heterocycles. The van der Waals surface area contributed by atoms with E-state index in [4.69, 9.17) is 7.48 Å². The molecule has 1 aliphatic heterocycles. The molecule has 0 fully saturated rings. The molecule has 3 heterocycles. The molecule has 1 aliphatic rings. The number of nitrogens with zero attached hydrogens (tertiary/aromatic N) is 3. The molecule has 0 N–H and O–H groups in total. The highest BCUT2D eigenvalue weighted by atomic mass is 16.5. The summed E-state index contributed by atoms with van der Waals surface area (Å²) in [6.45, 7) is -0.825. The lowest BCUT2D eigenvalue weighted by Crippen LogP contribution is -2.16. The number of pyridine rings is 1. The Balaban J connectivity index is 2.08. The second kappa shape index (κ2) is 3.47. The lowest BCUT2D eigenvalue weighted by Gasteiger charge is -2.12. The molecule has 0 amide bonds. The maximum atomic E-state index is 7.76. The summed E-state index contributed by atoms with van der Waals surface area (Å²) < 4.78 is 22.3. The summed E-state index contributed by atoms with van der Waals surface area (Å²) in [5, 5.41) is 4.39. The van der Waals surface area contributed by atoms with Crippen LogP contribution in [0.3, 0.4) is 0 Å². The van der Waals surface area contributed by atoms with Crippen LogP contribution in [0.25, 0.3) is 11.3 Å². The molecule has 0 atom stereocenters. The number of hydrogen-bond acceptors (Lipinski definition) is 3. The van der Waals surface area contributed by atoms with Gasteiger partial charge in [-0.15, -0.1) is 0 Å². The Morgan fingerprint density at radius 3 is 3.07 bits per heavy atom. The summed E-state index contributed by atoms with van der Waals surface area (Å²) in [6.07, 6.45) is 3.39. The number of fused-ring (bicyclic) bond motifs is 1. The van der Waals surface area contributed by atoms with Crippen LogP contribution >= 0.6 is 0 Å². The van der Waals surface area contributed by atoms with E-state index in [9.17, 15) is 0 Å². The van der Waals surface area contributed by atoms with Gasteiger partial charge in [0.25, 0.3) is 0 Å². The van der Waals surface area contributed by atoms with E-state index in [1.807, 2.05) is 12.1 Å². The van der Waals surface area contributed by atoms with Gasteiger partial charge in [0.05, 0.1) is 33.8 Å². The van der Waals surface area contributed by atoms with E-state index in [1.165, 1.54) is 0 Å². The summed E-state index contributed by atoms with van der Waals surface area (Å²) in [4.78, 5) is 3.95. The van der Waals surface area contributed by atoms with Crippen molar-refractivity contribution in [2.24, 2.45) is 0 Å². The van der Waals surface area contributed by atoms with Gasteiger partial charge in [0, 0.05) is 18.0 Å². The van der Waals surface area contributed by atoms with Crippen LogP contribution < -0.4 is 0 Å². The number of aromatic nitrogens is 3. The fourth-order valence-corrected chi connectivity index (χ4v) is 1.59. The zero-order valence-corrected chi connectivity index (χ0v) is 8.05. The predicted octanol–water partition coefficient (Wildman–Crippen LogP) is 1.48. The number of ether oxygens (including phenoxy) is 1. The quantitative estimate of drug-likeness (QED) is 0.704. The van der Waals surface area contributed by atoms with Crippen molar-refractivity contribution in [1.29, 1.82) is 0 Å². The molecule has 0 bridgehead atoms. The van der Waals surface area contributed by atoms with Crippen molar-refractivity contribution >= 4 is 0 Å². The average molecular weight is 203 g/mol. The lowest BCUT2D eigenvalue weighted by molar-refractivity contribution is 0.0801. The van der Waals surface area contributed by atoms with Gasteiger partial charge in [-0.1, -0.05) is 0 Å². The molecule has 2 aromatic rings. The van der Waals surface area contributed by atoms with Gasteiger partial charge >= 0.3 is 0 Å². The Bertz CT molecular complexity index is 539. The highest BCUT2D eigenvalue weighted by molar-refractivity contribution is 5.58. The zero-order chi connectivity index (χ0) is 11.9. The van der Waals surface area contributed by atoms with Gasteiger partial charge in [0.2, 0.25) is 0 Å². The van der Waals surface area contributed by atoms with Crippen LogP contribution in [-0.2, 0) is 17.8 Å². The second-order valence-electron chi connectivity index (χ2n) is 3.32. The van der Waals surface area contributed by atoms with E-state index in [-0.39, 0.29) is 0 Å². The Morgan fingerprint density at radius 2 is 2.27 bits per heavy atom. The van der Waals surface area contributed by atoms with E-state index in [0.717, 1.165) is 11.3 Å². The van der Waals surface area contributed by atoms with Gasteiger partial charge in [-0.05, 0) is 18.2 Å². The minimum absolute atomic E-state index is 0.345. The average Bonchev–Trinajstić information content (AvgIpc) is 2.75. The van der Waals surface area contributed by atoms with Gasteiger partial charge < -0.3 is 4.74 Å². The van der Waals surface area contributed by atoms with Crippen LogP contribution in [-0.4, -0.2) is 21.4 Å². The third-order valence-corrected chi connectivity index (χ3v) is 2.34. The molecule has 76 valence electrons. The maximum Gasteiger partial charge on any atom is 0.0928 e. The van der Waals surface area contributed by atoms with Crippen molar-refractivity contribution in [3.8, 4) is 11.3 Å². The molecule has 4 nitrogen and oxygen atoms in total. The second-order valence-corrected chi connectivity index (χ2v) is 3.32. The SMILES string of the molecule is [2H]C1([2H])OCCn2nc(-c3ccncc3)cc21. The van der Waals surface area contributed by atoms with Crippen LogP contribution in [0.2, 0.25) is 0 Å². The van der Waals surface area contributed by atoms with Crippen molar-refractivity contribution in [3.05, 3.63) is 36.3 Å². The van der Waals surface area contributed by atoms with Crippen molar-refractivity contribution < 1.29 is 7.48 Å². The molecule has 0 radical (unpaired) electrons. The molecular formula is C11H11N3O. The fraction of sp³-hybridized carbons (Fsp3) is 0.273. The van der Waals surface area contributed by atoms with E-state index in [0.29, 0.717) is 18.8 Å². The van der Waals surface area contributed by atoms with E-state index in [1.54, 1.807) is 23.1 Å². The first-order valence-electron chi connectivity index (χ1n) is 5.79. The van der Waals surface area contributed by atoms with Gasteiger partial charge in [0.1, 0.15) is 0 Å². The third kappa shape index (κ3) is 1.53. The molecule has 0 aromatic carbocycles. The molecule has 0 saturated heterocycles. The minimum Gasteiger partial charge on any atom is -0.373 e. The summed E-state index contributed by atoms with van der Waals surface area (Å²) in [5.41, 5.74) is 2.14. The summed E-state index contributed by atoms with van der Waals surface area (Å²) in [5.74, 6) is 0. The first kappa shape index (κ1) is 6.74. The lowest BCUT2D eigenvalue weighted by atomic mass is 10.2. The van der Waals surface area contributed by atoms with Crippen LogP contribution in [0.4, 0.5) is 0 Å². The topological polar surface area (TPSA) is 39.9 Å². The van der Waals surface area contributed by atoms with E-state index >= 15 is 0 Å². The van der Waals surface area contributed by atoms with Gasteiger partial charge in [-0.25, -0.2) is 0 Å². The Morgan fingerprint density at radius 1 is 1.40 bits per heavy atom. The molecule has 15 heavy (non-hydrogen) atoms. The van der Waals surface area contributed by atoms with Crippen LogP contribution in [0.15, 0.2) is 30.6 Å². The minimum atomic E-state index is -1.75. The standard InChI is InChI=1S/C11H11N3O/c1-3-12-4-2-9(1)11-7-10-8-15-6-5-14(10)13-11/h1-4,7H,5-6,8H2/i8D2. The molecule has 0 aliphatic carbocycles. The zero-order valence-electron chi connectivity index (χ0n) is 10.1. The Hall–Kier alpha value is -1.68. The normalized spacial score (nSPS) is 20.3. The largest absolute Gasteiger partial charge is 0.373 e. The summed E-state index contributed by atoms with van der Waals surface area (Å²) >= 11 is 0. The van der Waals surface area contributed by atoms with Crippen LogP contribution in [0.1, 0.15) is 8.44 Å². The van der Waals surface area contributed by atoms with Gasteiger partial charge in [0.15, 0.2) is 0 Å². The first-order valence-corrected chi connectivity index (χ1v) is 4.79. The van der Waals surface area contributed by atoms with Crippen molar-refractivity contribution in [3.63, 3.8) is 0 Å². The van der Waals surface area contributed by atoms with E-state index < -0.39 is 6.56 Å². The van der Waals surface area contributed by atoms with Crippen LogP contribution in [0.5, 0.6) is 0 Å². The molecule has 0 saturated carbocycles. The monoisotopic (exact) mass is 203 g/mol. The summed E-state index contributed by atoms with van der Waals surface area (Å²) in [7, 11) is 0. The number of hydrogen-bond donors (Lipinski definition) is 0. The smallest absolute Gasteiger partial charge is 0.0928 e. The fourth-order valence-electron chi connectivity index (χ4n) is 1.59. The number of rotatable bonds is 1. The van der Waals surface area contributed by atoms with Gasteiger partial charge in [-0.3, -0.25) is 9.67 Å². The molecule has 4 heteroatoms. The van der Waals surface area contributed by atoms with Crippen LogP contribution in [0, 0.1) is 0 Å². The Labute approximate surface area is 90.3 Å². The molecule has 0 unspecified atom stereocenters. The first-order chi connectivity index (χ1) is 8.17. The van der Waals surface area contributed by atoms with Crippen molar-refractivity contribution in [1.82, 2.24) is 14.8 Å². The molecule has 0 spiro atoms. The predicted molar refractivity (Wildman–Crippen MR) is 55.1 cm³/mol. The highest BCUT2D eigenvalue weighted by Crippen LogP contribution is 2.20. The maximum absolute atomic E-state index is 7.76. The third-order valence-electron chi connectivity index (χ3n) is 2.34. The van der Waals surface area contributed by atoms with E-state index in [2.05, 4.69) is 10.1 Å². The molecular weight excluding hydrogens is 190 g/mol. The summed E-state index contributed by atoms with van der Waals surface area (Å²) in [6, 6.07) is 5.43. The Kier molecular flexibility index (Phi) is 1.56. The van der Waals surface area contributed by atoms with Crippen molar-refractivity contribution in [2.75, 3.05) is 6.61 Å². The molecule has 3 rings (SSSR count). The highest BCUT2D eigenvalue weighted by Gasteiger charge is 2.12. The van der Waals surface area contributed by atoms with Crippen molar-refractivity contribution in [2.45, 2.75) is 13.1 Å².